The molecule has 0 unspecified atom stereocenters. The fraction of sp³-hybridized carbons (Fsp3) is 0.286. The summed E-state index contributed by atoms with van der Waals surface area (Å²) in [6, 6.07) is 11.9. The van der Waals surface area contributed by atoms with Gasteiger partial charge in [-0.3, -0.25) is 4.79 Å². The molecular weight excluding hydrogens is 397 g/mol. The molecule has 0 aliphatic heterocycles. The molecule has 1 amide bonds. The second-order valence-electron chi connectivity index (χ2n) is 7.12. The summed E-state index contributed by atoms with van der Waals surface area (Å²) >= 11 is 0. The largest absolute Gasteiger partial charge is 0.452 e. The van der Waals surface area contributed by atoms with E-state index in [0.29, 0.717) is 11.6 Å². The van der Waals surface area contributed by atoms with E-state index < -0.39 is 23.5 Å². The van der Waals surface area contributed by atoms with Crippen LogP contribution in [0.25, 0.3) is 11.5 Å². The molecule has 0 spiro atoms. The Balaban J connectivity index is 1.56. The molecular formula is C21H19F3N4O2. The third-order valence-corrected chi connectivity index (χ3v) is 5.11. The summed E-state index contributed by atoms with van der Waals surface area (Å²) in [4.78, 5) is 22.7. The fourth-order valence-electron chi connectivity index (χ4n) is 3.19. The van der Waals surface area contributed by atoms with Gasteiger partial charge >= 0.3 is 6.18 Å². The monoisotopic (exact) mass is 416 g/mol. The van der Waals surface area contributed by atoms with Crippen molar-refractivity contribution in [1.82, 2.24) is 9.97 Å². The molecule has 1 N–H and O–H groups in total. The van der Waals surface area contributed by atoms with Crippen molar-refractivity contribution < 1.29 is 22.4 Å². The van der Waals surface area contributed by atoms with Crippen LogP contribution in [0, 0.1) is 0 Å². The Morgan fingerprint density at radius 2 is 1.90 bits per heavy atom. The molecule has 2 heterocycles. The number of hydrogen-bond acceptors (Lipinski definition) is 5. The maximum atomic E-state index is 13.4. The lowest BCUT2D eigenvalue weighted by Gasteiger charge is -2.35. The average molecular weight is 416 g/mol. The van der Waals surface area contributed by atoms with Gasteiger partial charge in [-0.2, -0.15) is 13.2 Å². The number of aromatic nitrogens is 2. The molecule has 30 heavy (non-hydrogen) atoms. The lowest BCUT2D eigenvalue weighted by molar-refractivity contribution is -0.153. The minimum Gasteiger partial charge on any atom is -0.431 e. The first-order valence-electron chi connectivity index (χ1n) is 9.46. The van der Waals surface area contributed by atoms with Gasteiger partial charge in [-0.25, -0.2) is 9.97 Å². The number of alkyl halides is 3. The molecule has 4 rings (SSSR count). The van der Waals surface area contributed by atoms with Gasteiger partial charge in [-0.15, -0.1) is 0 Å². The summed E-state index contributed by atoms with van der Waals surface area (Å²) in [6.45, 7) is 0. The van der Waals surface area contributed by atoms with Crippen molar-refractivity contribution in [1.29, 1.82) is 0 Å². The van der Waals surface area contributed by atoms with Crippen LogP contribution in [-0.4, -0.2) is 29.0 Å². The number of carbonyl (C=O) groups is 1. The van der Waals surface area contributed by atoms with E-state index in [1.54, 1.807) is 42.5 Å². The van der Waals surface area contributed by atoms with E-state index in [4.69, 9.17) is 4.42 Å². The predicted molar refractivity (Wildman–Crippen MR) is 105 cm³/mol. The third-order valence-electron chi connectivity index (χ3n) is 5.11. The molecule has 1 aliphatic carbocycles. The van der Waals surface area contributed by atoms with Gasteiger partial charge in [0.15, 0.2) is 5.69 Å². The lowest BCUT2D eigenvalue weighted by atomic mass is 9.92. The van der Waals surface area contributed by atoms with Crippen LogP contribution in [0.1, 0.15) is 35.5 Å². The number of nitrogens with zero attached hydrogens (tertiary/aromatic N) is 3. The first kappa shape index (κ1) is 19.9. The van der Waals surface area contributed by atoms with E-state index >= 15 is 0 Å². The highest BCUT2D eigenvalue weighted by Gasteiger charge is 2.42. The van der Waals surface area contributed by atoms with E-state index in [0.717, 1.165) is 18.7 Å². The minimum atomic E-state index is -4.86. The number of anilines is 2. The second kappa shape index (κ2) is 7.81. The first-order chi connectivity index (χ1) is 14.3. The van der Waals surface area contributed by atoms with E-state index in [9.17, 15) is 18.0 Å². The van der Waals surface area contributed by atoms with Crippen LogP contribution in [0.5, 0.6) is 0 Å². The summed E-state index contributed by atoms with van der Waals surface area (Å²) in [7, 11) is 1.94. The van der Waals surface area contributed by atoms with Crippen LogP contribution < -0.4 is 10.2 Å². The minimum absolute atomic E-state index is 0.267. The van der Waals surface area contributed by atoms with Crippen molar-refractivity contribution in [3.8, 4) is 11.5 Å². The van der Waals surface area contributed by atoms with Crippen LogP contribution in [0.4, 0.5) is 24.7 Å². The van der Waals surface area contributed by atoms with Crippen LogP contribution in [0.15, 0.2) is 53.1 Å². The standard InChI is InChI=1S/C21H19F3N4O2/c1-28(15-8-5-9-15)16-11-10-14(12-25-16)26-19(29)17-18(21(22,23)24)30-20(27-17)13-6-3-2-4-7-13/h2-4,6-7,10-12,15H,5,8-9H2,1H3,(H,26,29). The van der Waals surface area contributed by atoms with Crippen LogP contribution in [0.3, 0.4) is 0 Å². The molecule has 156 valence electrons. The number of oxazole rings is 1. The van der Waals surface area contributed by atoms with Crippen LogP contribution in [-0.2, 0) is 6.18 Å². The van der Waals surface area contributed by atoms with E-state index in [-0.39, 0.29) is 11.6 Å². The number of pyridine rings is 1. The fourth-order valence-corrected chi connectivity index (χ4v) is 3.19. The smallest absolute Gasteiger partial charge is 0.431 e. The number of hydrogen-bond donors (Lipinski definition) is 1. The Morgan fingerprint density at radius 1 is 1.17 bits per heavy atom. The summed E-state index contributed by atoms with van der Waals surface area (Å²) in [5.74, 6) is -1.99. The summed E-state index contributed by atoms with van der Waals surface area (Å²) in [5.41, 5.74) is -0.215. The Kier molecular flexibility index (Phi) is 5.19. The zero-order valence-electron chi connectivity index (χ0n) is 16.1. The molecule has 1 aromatic carbocycles. The molecule has 1 saturated carbocycles. The maximum Gasteiger partial charge on any atom is 0.452 e. The van der Waals surface area contributed by atoms with E-state index in [1.165, 1.54) is 12.6 Å². The molecule has 1 aliphatic rings. The topological polar surface area (TPSA) is 71.3 Å². The Labute approximate surface area is 170 Å². The molecule has 6 nitrogen and oxygen atoms in total. The number of benzene rings is 1. The van der Waals surface area contributed by atoms with Crippen LogP contribution >= 0.6 is 0 Å². The van der Waals surface area contributed by atoms with Gasteiger partial charge in [-0.1, -0.05) is 18.2 Å². The summed E-state index contributed by atoms with van der Waals surface area (Å²) < 4.78 is 45.1. The van der Waals surface area contributed by atoms with Gasteiger partial charge in [0, 0.05) is 18.7 Å². The zero-order chi connectivity index (χ0) is 21.3. The highest BCUT2D eigenvalue weighted by atomic mass is 19.4. The molecule has 0 atom stereocenters. The van der Waals surface area contributed by atoms with Gasteiger partial charge in [-0.05, 0) is 43.5 Å². The zero-order valence-corrected chi connectivity index (χ0v) is 16.1. The van der Waals surface area contributed by atoms with Gasteiger partial charge in [0.05, 0.1) is 11.9 Å². The summed E-state index contributed by atoms with van der Waals surface area (Å²) in [5, 5.41) is 2.42. The Hall–Kier alpha value is -3.36. The number of nitrogens with one attached hydrogen (secondary N) is 1. The highest BCUT2D eigenvalue weighted by molar-refractivity contribution is 6.04. The lowest BCUT2D eigenvalue weighted by Crippen LogP contribution is -2.37. The van der Waals surface area contributed by atoms with Crippen molar-refractivity contribution in [3.63, 3.8) is 0 Å². The van der Waals surface area contributed by atoms with E-state index in [2.05, 4.69) is 20.2 Å². The normalized spacial score (nSPS) is 14.3. The molecule has 3 aromatic rings. The number of amides is 1. The van der Waals surface area contributed by atoms with Crippen molar-refractivity contribution in [2.24, 2.45) is 0 Å². The molecule has 0 radical (unpaired) electrons. The molecule has 1 fully saturated rings. The number of carbonyl (C=O) groups excluding carboxylic acids is 1. The van der Waals surface area contributed by atoms with E-state index in [1.807, 2.05) is 7.05 Å². The number of halogens is 3. The van der Waals surface area contributed by atoms with Gasteiger partial charge in [0.25, 0.3) is 5.91 Å². The summed E-state index contributed by atoms with van der Waals surface area (Å²) in [6.07, 6.45) is -0.0545. The van der Waals surface area contributed by atoms with Gasteiger partial charge in [0.2, 0.25) is 11.7 Å². The van der Waals surface area contributed by atoms with Crippen molar-refractivity contribution in [2.45, 2.75) is 31.5 Å². The SMILES string of the molecule is CN(c1ccc(NC(=O)c2nc(-c3ccccc3)oc2C(F)(F)F)cn1)C1CCC1. The third kappa shape index (κ3) is 4.00. The quantitative estimate of drug-likeness (QED) is 0.634. The number of rotatable bonds is 5. The highest BCUT2D eigenvalue weighted by Crippen LogP contribution is 2.35. The maximum absolute atomic E-state index is 13.4. The van der Waals surface area contributed by atoms with Gasteiger partial charge in [0.1, 0.15) is 5.82 Å². The molecule has 0 bridgehead atoms. The molecule has 0 saturated heterocycles. The molecule has 9 heteroatoms. The van der Waals surface area contributed by atoms with Crippen molar-refractivity contribution in [2.75, 3.05) is 17.3 Å². The van der Waals surface area contributed by atoms with Crippen molar-refractivity contribution >= 4 is 17.4 Å². The second-order valence-corrected chi connectivity index (χ2v) is 7.12. The van der Waals surface area contributed by atoms with Crippen LogP contribution in [0.2, 0.25) is 0 Å². The average Bonchev–Trinajstić information content (AvgIpc) is 3.14. The Bertz CT molecular complexity index is 1030. The molecule has 2 aromatic heterocycles. The predicted octanol–water partition coefficient (Wildman–Crippen LogP) is 5.00. The van der Waals surface area contributed by atoms with Gasteiger partial charge < -0.3 is 14.6 Å². The Morgan fingerprint density at radius 3 is 2.47 bits per heavy atom. The van der Waals surface area contributed by atoms with Crippen molar-refractivity contribution in [3.05, 3.63) is 60.1 Å². The first-order valence-corrected chi connectivity index (χ1v) is 9.46.